The number of H-pyrrole nitrogens is 1. The monoisotopic (exact) mass is 413 g/mol. The minimum absolute atomic E-state index is 0.518. The molecule has 2 aromatic carbocycles. The molecule has 0 bridgehead atoms. The predicted molar refractivity (Wildman–Crippen MR) is 124 cm³/mol. The summed E-state index contributed by atoms with van der Waals surface area (Å²) in [7, 11) is 0. The lowest BCUT2D eigenvalue weighted by Gasteiger charge is -2.22. The number of nitrogens with zero attached hydrogens (tertiary/aromatic N) is 2. The second-order valence-corrected chi connectivity index (χ2v) is 8.08. The summed E-state index contributed by atoms with van der Waals surface area (Å²) in [6, 6.07) is 18.5. The quantitative estimate of drug-likeness (QED) is 0.442. The summed E-state index contributed by atoms with van der Waals surface area (Å²) >= 11 is 0. The van der Waals surface area contributed by atoms with Gasteiger partial charge in [0, 0.05) is 23.0 Å². The number of fused-ring (bicyclic) bond motifs is 1. The lowest BCUT2D eigenvalue weighted by atomic mass is 9.99. The molecule has 0 amide bonds. The molecule has 4 N–H and O–H groups in total. The molecule has 1 fully saturated rings. The smallest absolute Gasteiger partial charge is 0.232 e. The van der Waals surface area contributed by atoms with Crippen LogP contribution < -0.4 is 15.8 Å². The molecule has 0 saturated carbocycles. The molecule has 0 unspecified atom stereocenters. The minimum Gasteiger partial charge on any atom is -0.476 e. The number of aromatic amines is 1. The van der Waals surface area contributed by atoms with Crippen LogP contribution in [-0.4, -0.2) is 34.6 Å². The molecule has 1 saturated heterocycles. The van der Waals surface area contributed by atoms with Gasteiger partial charge in [-0.2, -0.15) is 0 Å². The zero-order chi connectivity index (χ0) is 21.0. The summed E-state index contributed by atoms with van der Waals surface area (Å²) < 4.78 is 6.08. The number of hydrogen-bond acceptors (Lipinski definition) is 5. The van der Waals surface area contributed by atoms with Crippen LogP contribution in [0.15, 0.2) is 60.8 Å². The van der Waals surface area contributed by atoms with E-state index in [0.29, 0.717) is 24.9 Å². The van der Waals surface area contributed by atoms with E-state index in [0.717, 1.165) is 65.0 Å². The predicted octanol–water partition coefficient (Wildman–Crippen LogP) is 4.13. The first-order valence-electron chi connectivity index (χ1n) is 10.9. The molecule has 0 spiro atoms. The molecule has 6 nitrogen and oxygen atoms in total. The Labute approximate surface area is 181 Å². The van der Waals surface area contributed by atoms with Crippen molar-refractivity contribution in [1.29, 1.82) is 0 Å². The van der Waals surface area contributed by atoms with Crippen LogP contribution in [0.3, 0.4) is 0 Å². The van der Waals surface area contributed by atoms with Crippen molar-refractivity contribution in [2.75, 3.05) is 19.7 Å². The average molecular weight is 414 g/mol. The fraction of sp³-hybridized carbons (Fsp3) is 0.280. The normalized spacial score (nSPS) is 14.7. The third-order valence-corrected chi connectivity index (χ3v) is 5.92. The summed E-state index contributed by atoms with van der Waals surface area (Å²) in [6.07, 6.45) is 4.00. The SMILES string of the molecule is NCc1ccc(-c2ncc(OCC3CCNCC3)nc2-c2cc3ccccc3[nH]2)cc1. The Morgan fingerprint density at radius 1 is 1.00 bits per heavy atom. The molecule has 1 aliphatic rings. The van der Waals surface area contributed by atoms with E-state index in [4.69, 9.17) is 20.4 Å². The van der Waals surface area contributed by atoms with Gasteiger partial charge in [0.05, 0.1) is 24.2 Å². The van der Waals surface area contributed by atoms with Crippen molar-refractivity contribution in [3.05, 3.63) is 66.4 Å². The number of benzene rings is 2. The fourth-order valence-electron chi connectivity index (χ4n) is 4.09. The van der Waals surface area contributed by atoms with Crippen molar-refractivity contribution < 1.29 is 4.74 Å². The third-order valence-electron chi connectivity index (χ3n) is 5.92. The first-order chi connectivity index (χ1) is 15.3. The van der Waals surface area contributed by atoms with Gasteiger partial charge in [0.15, 0.2) is 0 Å². The molecule has 0 atom stereocenters. The fourth-order valence-corrected chi connectivity index (χ4v) is 4.09. The topological polar surface area (TPSA) is 88.8 Å². The van der Waals surface area contributed by atoms with Crippen molar-refractivity contribution >= 4 is 10.9 Å². The Kier molecular flexibility index (Phi) is 5.65. The second kappa shape index (κ2) is 8.88. The molecular weight excluding hydrogens is 386 g/mol. The standard InChI is InChI=1S/C25H27N5O/c26-14-17-5-7-19(8-6-17)24-25(22-13-20-3-1-2-4-21(20)29-22)30-23(15-28-24)31-16-18-9-11-27-12-10-18/h1-8,13,15,18,27,29H,9-12,14,16,26H2. The molecular formula is C25H27N5O. The van der Waals surface area contributed by atoms with Crippen LogP contribution in [0.5, 0.6) is 5.88 Å². The van der Waals surface area contributed by atoms with Gasteiger partial charge in [-0.05, 0) is 49.5 Å². The highest BCUT2D eigenvalue weighted by atomic mass is 16.5. The maximum atomic E-state index is 6.08. The van der Waals surface area contributed by atoms with Gasteiger partial charge in [0.1, 0.15) is 5.69 Å². The van der Waals surface area contributed by atoms with Crippen molar-refractivity contribution in [3.8, 4) is 28.5 Å². The maximum Gasteiger partial charge on any atom is 0.232 e. The molecule has 0 aliphatic carbocycles. The van der Waals surface area contributed by atoms with Gasteiger partial charge in [-0.15, -0.1) is 0 Å². The Hall–Kier alpha value is -3.22. The summed E-state index contributed by atoms with van der Waals surface area (Å²) in [5.74, 6) is 1.12. The Morgan fingerprint density at radius 3 is 2.58 bits per heavy atom. The number of piperidine rings is 1. The van der Waals surface area contributed by atoms with Crippen LogP contribution in [-0.2, 0) is 6.54 Å². The largest absolute Gasteiger partial charge is 0.476 e. The second-order valence-electron chi connectivity index (χ2n) is 8.08. The zero-order valence-corrected chi connectivity index (χ0v) is 17.5. The number of nitrogens with one attached hydrogen (secondary N) is 2. The van der Waals surface area contributed by atoms with E-state index in [9.17, 15) is 0 Å². The number of aromatic nitrogens is 3. The average Bonchev–Trinajstić information content (AvgIpc) is 3.28. The highest BCUT2D eigenvalue weighted by Gasteiger charge is 2.17. The van der Waals surface area contributed by atoms with E-state index in [-0.39, 0.29) is 0 Å². The Balaban J connectivity index is 1.51. The summed E-state index contributed by atoms with van der Waals surface area (Å²) in [5.41, 5.74) is 11.5. The van der Waals surface area contributed by atoms with E-state index in [1.54, 1.807) is 6.20 Å². The van der Waals surface area contributed by atoms with Crippen LogP contribution >= 0.6 is 0 Å². The van der Waals surface area contributed by atoms with Gasteiger partial charge in [-0.25, -0.2) is 9.97 Å². The van der Waals surface area contributed by atoms with E-state index in [1.807, 2.05) is 36.4 Å². The summed E-state index contributed by atoms with van der Waals surface area (Å²) in [4.78, 5) is 13.1. The van der Waals surface area contributed by atoms with Gasteiger partial charge in [-0.3, -0.25) is 0 Å². The third kappa shape index (κ3) is 4.31. The van der Waals surface area contributed by atoms with Gasteiger partial charge >= 0.3 is 0 Å². The van der Waals surface area contributed by atoms with E-state index in [1.165, 1.54) is 0 Å². The maximum absolute atomic E-state index is 6.08. The Bertz CT molecular complexity index is 1130. The number of ether oxygens (including phenoxy) is 1. The van der Waals surface area contributed by atoms with Gasteiger partial charge < -0.3 is 20.8 Å². The summed E-state index contributed by atoms with van der Waals surface area (Å²) in [6.45, 7) is 3.30. The van der Waals surface area contributed by atoms with Crippen LogP contribution in [0.2, 0.25) is 0 Å². The number of para-hydroxylation sites is 1. The van der Waals surface area contributed by atoms with Crippen molar-refractivity contribution in [3.63, 3.8) is 0 Å². The van der Waals surface area contributed by atoms with Crippen LogP contribution in [0.25, 0.3) is 33.5 Å². The highest BCUT2D eigenvalue weighted by Crippen LogP contribution is 2.32. The molecule has 3 heterocycles. The molecule has 2 aromatic heterocycles. The molecule has 6 heteroatoms. The van der Waals surface area contributed by atoms with Crippen LogP contribution in [0, 0.1) is 5.92 Å². The number of rotatable bonds is 6. The van der Waals surface area contributed by atoms with E-state index in [2.05, 4.69) is 28.5 Å². The minimum atomic E-state index is 0.518. The molecule has 5 rings (SSSR count). The molecule has 31 heavy (non-hydrogen) atoms. The number of hydrogen-bond donors (Lipinski definition) is 3. The van der Waals surface area contributed by atoms with Crippen molar-refractivity contribution in [2.24, 2.45) is 11.7 Å². The van der Waals surface area contributed by atoms with Crippen molar-refractivity contribution in [2.45, 2.75) is 19.4 Å². The lowest BCUT2D eigenvalue weighted by molar-refractivity contribution is 0.208. The van der Waals surface area contributed by atoms with Gasteiger partial charge in [0.25, 0.3) is 0 Å². The van der Waals surface area contributed by atoms with Crippen LogP contribution in [0.4, 0.5) is 0 Å². The van der Waals surface area contributed by atoms with E-state index >= 15 is 0 Å². The molecule has 4 aromatic rings. The first-order valence-corrected chi connectivity index (χ1v) is 10.9. The number of nitrogens with two attached hydrogens (primary N) is 1. The van der Waals surface area contributed by atoms with Gasteiger partial charge in [0.2, 0.25) is 5.88 Å². The molecule has 158 valence electrons. The highest BCUT2D eigenvalue weighted by molar-refractivity contribution is 5.88. The zero-order valence-electron chi connectivity index (χ0n) is 17.5. The lowest BCUT2D eigenvalue weighted by Crippen LogP contribution is -2.30. The van der Waals surface area contributed by atoms with Crippen molar-refractivity contribution in [1.82, 2.24) is 20.3 Å². The van der Waals surface area contributed by atoms with E-state index < -0.39 is 0 Å². The summed E-state index contributed by atoms with van der Waals surface area (Å²) in [5, 5.41) is 4.54. The Morgan fingerprint density at radius 2 is 1.81 bits per heavy atom. The van der Waals surface area contributed by atoms with Gasteiger partial charge in [-0.1, -0.05) is 42.5 Å². The molecule has 1 aliphatic heterocycles. The first kappa shape index (κ1) is 19.7. The molecule has 0 radical (unpaired) electrons. The van der Waals surface area contributed by atoms with Crippen LogP contribution in [0.1, 0.15) is 18.4 Å².